The van der Waals surface area contributed by atoms with Gasteiger partial charge in [-0.1, -0.05) is 41.9 Å². The van der Waals surface area contributed by atoms with Crippen LogP contribution in [0.25, 0.3) is 22.0 Å². The van der Waals surface area contributed by atoms with Crippen LogP contribution in [0.15, 0.2) is 90.1 Å². The molecule has 5 aromatic rings. The molecule has 1 atom stereocenters. The van der Waals surface area contributed by atoms with Gasteiger partial charge in [-0.3, -0.25) is 4.79 Å². The van der Waals surface area contributed by atoms with Gasteiger partial charge in [-0.05, 0) is 65.6 Å². The molecule has 0 spiro atoms. The first-order valence-electron chi connectivity index (χ1n) is 11.5. The number of hydrogen-bond donors (Lipinski definition) is 0. The third-order valence-electron chi connectivity index (χ3n) is 6.41. The first-order chi connectivity index (χ1) is 17.0. The predicted octanol–water partition coefficient (Wildman–Crippen LogP) is 5.35. The van der Waals surface area contributed by atoms with E-state index in [0.29, 0.717) is 11.6 Å². The molecule has 0 radical (unpaired) electrons. The lowest BCUT2D eigenvalue weighted by molar-refractivity contribution is 0.340. The predicted molar refractivity (Wildman–Crippen MR) is 145 cm³/mol. The first-order valence-corrected chi connectivity index (χ1v) is 11.9. The van der Waals surface area contributed by atoms with Crippen molar-refractivity contribution in [3.63, 3.8) is 0 Å². The van der Waals surface area contributed by atoms with E-state index in [4.69, 9.17) is 16.3 Å². The molecule has 0 saturated carbocycles. The summed E-state index contributed by atoms with van der Waals surface area (Å²) in [6.45, 7) is 2.54. The van der Waals surface area contributed by atoms with E-state index in [-0.39, 0.29) is 17.0 Å². The molecule has 0 aliphatic rings. The quantitative estimate of drug-likeness (QED) is 0.314. The largest absolute Gasteiger partial charge is 0.494 e. The molecule has 36 heavy (non-hydrogen) atoms. The van der Waals surface area contributed by atoms with Gasteiger partial charge in [0.25, 0.3) is 5.56 Å². The van der Waals surface area contributed by atoms with Gasteiger partial charge >= 0.3 is 0 Å². The molecule has 2 N–H and O–H groups in total. The number of hydrogen-bond acceptors (Lipinski definition) is 3. The molecule has 6 nitrogen and oxygen atoms in total. The van der Waals surface area contributed by atoms with E-state index in [2.05, 4.69) is 29.2 Å². The third-order valence-corrected chi connectivity index (χ3v) is 6.66. The van der Waals surface area contributed by atoms with Crippen LogP contribution in [0.3, 0.4) is 0 Å². The maximum Gasteiger partial charge on any atom is 0.251 e. The molecule has 5 rings (SSSR count). The SMILES string of the molecule is CCOc1cccc(-c2cc(=O)n(C)c3ccc(C(c4ccc(Cl)cc4)c4cncn4C)cc23)c1.O. The summed E-state index contributed by atoms with van der Waals surface area (Å²) < 4.78 is 9.45. The van der Waals surface area contributed by atoms with E-state index < -0.39 is 0 Å². The van der Waals surface area contributed by atoms with E-state index >= 15 is 0 Å². The van der Waals surface area contributed by atoms with E-state index in [0.717, 1.165) is 44.6 Å². The zero-order valence-electron chi connectivity index (χ0n) is 20.4. The van der Waals surface area contributed by atoms with Crippen LogP contribution in [-0.2, 0) is 14.1 Å². The van der Waals surface area contributed by atoms with Crippen molar-refractivity contribution in [2.75, 3.05) is 6.61 Å². The molecule has 1 unspecified atom stereocenters. The van der Waals surface area contributed by atoms with Crippen LogP contribution >= 0.6 is 11.6 Å². The van der Waals surface area contributed by atoms with Crippen LogP contribution in [0, 0.1) is 0 Å². The van der Waals surface area contributed by atoms with Gasteiger partial charge in [0.05, 0.1) is 24.4 Å². The topological polar surface area (TPSA) is 80.6 Å². The molecule has 2 aromatic heterocycles. The number of halogens is 1. The van der Waals surface area contributed by atoms with E-state index in [1.54, 1.807) is 10.6 Å². The number of imidazole rings is 1. The first kappa shape index (κ1) is 25.2. The fourth-order valence-electron chi connectivity index (χ4n) is 4.65. The number of fused-ring (bicyclic) bond motifs is 1. The van der Waals surface area contributed by atoms with Crippen LogP contribution in [0.1, 0.15) is 29.7 Å². The number of benzene rings is 3. The van der Waals surface area contributed by atoms with Gasteiger partial charge < -0.3 is 19.3 Å². The van der Waals surface area contributed by atoms with Crippen molar-refractivity contribution in [1.29, 1.82) is 0 Å². The highest BCUT2D eigenvalue weighted by Crippen LogP contribution is 2.36. The van der Waals surface area contributed by atoms with Crippen LogP contribution in [0.4, 0.5) is 0 Å². The summed E-state index contributed by atoms with van der Waals surface area (Å²) >= 11 is 6.19. The van der Waals surface area contributed by atoms with E-state index in [1.165, 1.54) is 0 Å². The highest BCUT2D eigenvalue weighted by molar-refractivity contribution is 6.30. The van der Waals surface area contributed by atoms with Gasteiger partial charge in [-0.2, -0.15) is 0 Å². The zero-order valence-corrected chi connectivity index (χ0v) is 21.2. The highest BCUT2D eigenvalue weighted by atomic mass is 35.5. The zero-order chi connectivity index (χ0) is 24.5. The Hall–Kier alpha value is -3.87. The standard InChI is InChI=1S/C29H26ClN3O2.H2O/c1-4-35-23-7-5-6-20(14-23)24-16-28(34)33(3)26-13-10-21(15-25(24)26)29(27-17-31-18-32(27)2)19-8-11-22(30)12-9-19;/h5-18,29H,4H2,1-3H3;1H2. The Balaban J connectivity index is 0.00000304. The Morgan fingerprint density at radius 1 is 0.972 bits per heavy atom. The number of rotatable bonds is 6. The van der Waals surface area contributed by atoms with Gasteiger partial charge in [0.15, 0.2) is 0 Å². The Morgan fingerprint density at radius 3 is 2.42 bits per heavy atom. The minimum Gasteiger partial charge on any atom is -0.494 e. The van der Waals surface area contributed by atoms with E-state index in [9.17, 15) is 4.79 Å². The van der Waals surface area contributed by atoms with Crippen LogP contribution < -0.4 is 10.3 Å². The van der Waals surface area contributed by atoms with Crippen molar-refractivity contribution in [1.82, 2.24) is 14.1 Å². The normalized spacial score (nSPS) is 11.8. The summed E-state index contributed by atoms with van der Waals surface area (Å²) in [5.41, 5.74) is 5.93. The smallest absolute Gasteiger partial charge is 0.251 e. The molecule has 184 valence electrons. The molecule has 0 saturated heterocycles. The summed E-state index contributed by atoms with van der Waals surface area (Å²) in [6, 6.07) is 23.8. The minimum atomic E-state index is -0.0528. The van der Waals surface area contributed by atoms with Crippen molar-refractivity contribution in [3.05, 3.63) is 118 Å². The van der Waals surface area contributed by atoms with Crippen molar-refractivity contribution in [2.45, 2.75) is 12.8 Å². The van der Waals surface area contributed by atoms with Crippen LogP contribution in [-0.4, -0.2) is 26.2 Å². The second-order valence-corrected chi connectivity index (χ2v) is 9.04. The monoisotopic (exact) mass is 501 g/mol. The molecule has 7 heteroatoms. The summed E-state index contributed by atoms with van der Waals surface area (Å²) in [7, 11) is 3.81. The molecule has 0 fully saturated rings. The van der Waals surface area contributed by atoms with Crippen molar-refractivity contribution >= 4 is 22.5 Å². The van der Waals surface area contributed by atoms with Gasteiger partial charge in [0, 0.05) is 42.5 Å². The summed E-state index contributed by atoms with van der Waals surface area (Å²) in [4.78, 5) is 17.2. The molecular weight excluding hydrogens is 474 g/mol. The number of aromatic nitrogens is 3. The molecule has 0 aliphatic carbocycles. The maximum absolute atomic E-state index is 12.8. The van der Waals surface area contributed by atoms with Crippen molar-refractivity contribution in [2.24, 2.45) is 14.1 Å². The van der Waals surface area contributed by atoms with Crippen LogP contribution in [0.2, 0.25) is 5.02 Å². The summed E-state index contributed by atoms with van der Waals surface area (Å²) in [5.74, 6) is 0.730. The van der Waals surface area contributed by atoms with Gasteiger partial charge in [-0.25, -0.2) is 4.98 Å². The van der Waals surface area contributed by atoms with Gasteiger partial charge in [-0.15, -0.1) is 0 Å². The molecule has 0 bridgehead atoms. The number of aryl methyl sites for hydroxylation is 2. The maximum atomic E-state index is 12.8. The second-order valence-electron chi connectivity index (χ2n) is 8.61. The highest BCUT2D eigenvalue weighted by Gasteiger charge is 2.21. The molecule has 0 aliphatic heterocycles. The fourth-order valence-corrected chi connectivity index (χ4v) is 4.78. The minimum absolute atomic E-state index is 0. The number of nitrogens with zero attached hydrogens (tertiary/aromatic N) is 3. The summed E-state index contributed by atoms with van der Waals surface area (Å²) in [6.07, 6.45) is 3.71. The molecule has 2 heterocycles. The third kappa shape index (κ3) is 4.65. The van der Waals surface area contributed by atoms with Gasteiger partial charge in [0.1, 0.15) is 5.75 Å². The Kier molecular flexibility index (Phi) is 7.29. The van der Waals surface area contributed by atoms with Crippen LogP contribution in [0.5, 0.6) is 5.75 Å². The average molecular weight is 502 g/mol. The lowest BCUT2D eigenvalue weighted by atomic mass is 9.87. The van der Waals surface area contributed by atoms with Crippen molar-refractivity contribution in [3.8, 4) is 16.9 Å². The lowest BCUT2D eigenvalue weighted by Gasteiger charge is -2.21. The Bertz CT molecular complexity index is 1570. The Morgan fingerprint density at radius 2 is 1.72 bits per heavy atom. The fraction of sp³-hybridized carbons (Fsp3) is 0.172. The molecule has 0 amide bonds. The lowest BCUT2D eigenvalue weighted by Crippen LogP contribution is -2.16. The van der Waals surface area contributed by atoms with Gasteiger partial charge in [0.2, 0.25) is 0 Å². The Labute approximate surface area is 214 Å². The van der Waals surface area contributed by atoms with Crippen molar-refractivity contribution < 1.29 is 10.2 Å². The second kappa shape index (κ2) is 10.4. The summed E-state index contributed by atoms with van der Waals surface area (Å²) in [5, 5.41) is 1.70. The molecule has 3 aromatic carbocycles. The number of ether oxygens (including phenoxy) is 1. The number of pyridine rings is 1. The van der Waals surface area contributed by atoms with E-state index in [1.807, 2.05) is 80.6 Å². The average Bonchev–Trinajstić information content (AvgIpc) is 3.28. The molecular formula is C29H28ClN3O3.